The molecule has 4 heteroatoms. The minimum atomic E-state index is -0.674. The Balaban J connectivity index is 2.95. The van der Waals surface area contributed by atoms with Gasteiger partial charge in [0.25, 0.3) is 0 Å². The predicted octanol–water partition coefficient (Wildman–Crippen LogP) is 2.93. The van der Waals surface area contributed by atoms with E-state index >= 15 is 0 Å². The van der Waals surface area contributed by atoms with E-state index in [2.05, 4.69) is 0 Å². The molecule has 1 rings (SSSR count). The average Bonchev–Trinajstić information content (AvgIpc) is 2.16. The zero-order valence-electron chi connectivity index (χ0n) is 9.09. The number of carbonyl (C=O) groups excluding carboxylic acids is 1. The Kier molecular flexibility index (Phi) is 4.17. The van der Waals surface area contributed by atoms with Crippen molar-refractivity contribution >= 4 is 11.5 Å². The minimum Gasteiger partial charge on any atom is -0.463 e. The lowest BCUT2D eigenvalue weighted by Gasteiger charge is -2.02. The second-order valence-corrected chi connectivity index (χ2v) is 3.24. The van der Waals surface area contributed by atoms with Gasteiger partial charge in [0, 0.05) is 12.1 Å². The van der Waals surface area contributed by atoms with E-state index in [0.717, 1.165) is 18.2 Å². The van der Waals surface area contributed by atoms with Crippen LogP contribution in [0.25, 0.3) is 5.57 Å². The summed E-state index contributed by atoms with van der Waals surface area (Å²) in [7, 11) is 0. The van der Waals surface area contributed by atoms with E-state index in [0.29, 0.717) is 11.1 Å². The summed E-state index contributed by atoms with van der Waals surface area (Å²) in [6.07, 6.45) is 1.21. The van der Waals surface area contributed by atoms with Crippen LogP contribution in [0.3, 0.4) is 0 Å². The molecule has 0 unspecified atom stereocenters. The number of esters is 1. The van der Waals surface area contributed by atoms with Gasteiger partial charge in [-0.25, -0.2) is 13.6 Å². The van der Waals surface area contributed by atoms with Crippen molar-refractivity contribution in [2.45, 2.75) is 13.8 Å². The maximum absolute atomic E-state index is 12.9. The molecule has 86 valence electrons. The molecule has 1 aromatic rings. The Hall–Kier alpha value is -1.71. The first kappa shape index (κ1) is 12.4. The van der Waals surface area contributed by atoms with Crippen molar-refractivity contribution in [3.63, 3.8) is 0 Å². The Morgan fingerprint density at radius 2 is 1.88 bits per heavy atom. The third-order valence-electron chi connectivity index (χ3n) is 1.94. The van der Waals surface area contributed by atoms with Crippen LogP contribution in [0, 0.1) is 11.6 Å². The summed E-state index contributed by atoms with van der Waals surface area (Å²) in [4.78, 5) is 11.1. The molecule has 0 fully saturated rings. The fraction of sp³-hybridized carbons (Fsp3) is 0.250. The van der Waals surface area contributed by atoms with Crippen LogP contribution >= 0.6 is 0 Å². The Morgan fingerprint density at radius 3 is 2.38 bits per heavy atom. The summed E-state index contributed by atoms with van der Waals surface area (Å²) in [6, 6.07) is 3.10. The van der Waals surface area contributed by atoms with Crippen molar-refractivity contribution in [3.05, 3.63) is 41.5 Å². The molecule has 0 bridgehead atoms. The summed E-state index contributed by atoms with van der Waals surface area (Å²) in [5.74, 6) is -1.87. The van der Waals surface area contributed by atoms with Crippen molar-refractivity contribution in [2.75, 3.05) is 6.61 Å². The minimum absolute atomic E-state index is 0.264. The van der Waals surface area contributed by atoms with Crippen LogP contribution in [0.4, 0.5) is 8.78 Å². The molecule has 0 spiro atoms. The van der Waals surface area contributed by atoms with Crippen LogP contribution in [0.5, 0.6) is 0 Å². The third-order valence-corrected chi connectivity index (χ3v) is 1.94. The number of ether oxygens (including phenoxy) is 1. The summed E-state index contributed by atoms with van der Waals surface area (Å²) < 4.78 is 30.5. The van der Waals surface area contributed by atoms with E-state index < -0.39 is 17.6 Å². The van der Waals surface area contributed by atoms with Gasteiger partial charge in [-0.1, -0.05) is 0 Å². The molecule has 0 aliphatic rings. The summed E-state index contributed by atoms with van der Waals surface area (Å²) >= 11 is 0. The van der Waals surface area contributed by atoms with E-state index in [4.69, 9.17) is 4.74 Å². The number of carbonyl (C=O) groups is 1. The first-order valence-corrected chi connectivity index (χ1v) is 4.84. The lowest BCUT2D eigenvalue weighted by Crippen LogP contribution is -2.00. The number of hydrogen-bond acceptors (Lipinski definition) is 2. The quantitative estimate of drug-likeness (QED) is 0.585. The maximum atomic E-state index is 12.9. The van der Waals surface area contributed by atoms with Crippen LogP contribution in [0.2, 0.25) is 0 Å². The molecule has 0 amide bonds. The third kappa shape index (κ3) is 3.46. The lowest BCUT2D eigenvalue weighted by atomic mass is 10.1. The van der Waals surface area contributed by atoms with E-state index in [-0.39, 0.29) is 6.61 Å². The molecule has 0 atom stereocenters. The second kappa shape index (κ2) is 5.39. The zero-order chi connectivity index (χ0) is 12.1. The molecule has 16 heavy (non-hydrogen) atoms. The van der Waals surface area contributed by atoms with Crippen molar-refractivity contribution in [1.82, 2.24) is 0 Å². The van der Waals surface area contributed by atoms with Gasteiger partial charge in [0.15, 0.2) is 0 Å². The largest absolute Gasteiger partial charge is 0.463 e. The standard InChI is InChI=1S/C12H12F2O2/c1-3-16-12(15)4-8(2)9-5-10(13)7-11(14)6-9/h4-7H,3H2,1-2H3/b8-4-. The van der Waals surface area contributed by atoms with Gasteiger partial charge >= 0.3 is 5.97 Å². The topological polar surface area (TPSA) is 26.3 Å². The number of allylic oxidation sites excluding steroid dienone is 1. The highest BCUT2D eigenvalue weighted by Gasteiger charge is 2.04. The van der Waals surface area contributed by atoms with E-state index in [9.17, 15) is 13.6 Å². The molecule has 1 aromatic carbocycles. The van der Waals surface area contributed by atoms with Gasteiger partial charge < -0.3 is 4.74 Å². The van der Waals surface area contributed by atoms with Crippen molar-refractivity contribution in [3.8, 4) is 0 Å². The summed E-state index contributed by atoms with van der Waals surface area (Å²) in [5, 5.41) is 0. The molecule has 0 radical (unpaired) electrons. The fourth-order valence-electron chi connectivity index (χ4n) is 1.23. The molecule has 0 heterocycles. The van der Waals surface area contributed by atoms with Crippen LogP contribution < -0.4 is 0 Å². The van der Waals surface area contributed by atoms with Gasteiger partial charge in [-0.2, -0.15) is 0 Å². The first-order chi connectivity index (χ1) is 7.52. The van der Waals surface area contributed by atoms with Crippen molar-refractivity contribution in [2.24, 2.45) is 0 Å². The number of hydrogen-bond donors (Lipinski definition) is 0. The van der Waals surface area contributed by atoms with Crippen molar-refractivity contribution < 1.29 is 18.3 Å². The number of benzene rings is 1. The van der Waals surface area contributed by atoms with Gasteiger partial charge in [-0.05, 0) is 37.1 Å². The molecular formula is C12H12F2O2. The van der Waals surface area contributed by atoms with Gasteiger partial charge in [-0.15, -0.1) is 0 Å². The SMILES string of the molecule is CCOC(=O)/C=C(/C)c1cc(F)cc(F)c1. The summed E-state index contributed by atoms with van der Waals surface area (Å²) in [6.45, 7) is 3.54. The molecule has 0 saturated carbocycles. The van der Waals surface area contributed by atoms with E-state index in [1.165, 1.54) is 6.08 Å². The number of rotatable bonds is 3. The normalized spacial score (nSPS) is 11.4. The molecule has 0 N–H and O–H groups in total. The molecular weight excluding hydrogens is 214 g/mol. The number of halogens is 2. The van der Waals surface area contributed by atoms with Gasteiger partial charge in [0.2, 0.25) is 0 Å². The average molecular weight is 226 g/mol. The Bertz CT molecular complexity index is 405. The molecule has 0 aliphatic carbocycles. The highest BCUT2D eigenvalue weighted by Crippen LogP contribution is 2.16. The fourth-order valence-corrected chi connectivity index (χ4v) is 1.23. The lowest BCUT2D eigenvalue weighted by molar-refractivity contribution is -0.137. The monoisotopic (exact) mass is 226 g/mol. The van der Waals surface area contributed by atoms with Crippen LogP contribution in [0.1, 0.15) is 19.4 Å². The highest BCUT2D eigenvalue weighted by atomic mass is 19.1. The Morgan fingerprint density at radius 1 is 1.31 bits per heavy atom. The van der Waals surface area contributed by atoms with Crippen LogP contribution in [0.15, 0.2) is 24.3 Å². The van der Waals surface area contributed by atoms with Crippen LogP contribution in [-0.4, -0.2) is 12.6 Å². The highest BCUT2D eigenvalue weighted by molar-refractivity contribution is 5.90. The molecule has 0 saturated heterocycles. The second-order valence-electron chi connectivity index (χ2n) is 3.24. The first-order valence-electron chi connectivity index (χ1n) is 4.84. The van der Waals surface area contributed by atoms with Crippen LogP contribution in [-0.2, 0) is 9.53 Å². The molecule has 0 aromatic heterocycles. The smallest absolute Gasteiger partial charge is 0.331 e. The molecule has 0 aliphatic heterocycles. The van der Waals surface area contributed by atoms with E-state index in [1.807, 2.05) is 0 Å². The van der Waals surface area contributed by atoms with Gasteiger partial charge in [-0.3, -0.25) is 0 Å². The van der Waals surface area contributed by atoms with Gasteiger partial charge in [0.05, 0.1) is 6.61 Å². The van der Waals surface area contributed by atoms with Crippen molar-refractivity contribution in [1.29, 1.82) is 0 Å². The predicted molar refractivity (Wildman–Crippen MR) is 56.6 cm³/mol. The maximum Gasteiger partial charge on any atom is 0.331 e. The van der Waals surface area contributed by atoms with E-state index in [1.54, 1.807) is 13.8 Å². The molecule has 2 nitrogen and oxygen atoms in total. The Labute approximate surface area is 92.5 Å². The zero-order valence-corrected chi connectivity index (χ0v) is 9.09. The summed E-state index contributed by atoms with van der Waals surface area (Å²) in [5.41, 5.74) is 0.780. The van der Waals surface area contributed by atoms with Gasteiger partial charge in [0.1, 0.15) is 11.6 Å².